The second-order valence-corrected chi connectivity index (χ2v) is 4.82. The third kappa shape index (κ3) is 4.48. The number of esters is 1. The van der Waals surface area contributed by atoms with E-state index in [4.69, 9.17) is 19.5 Å². The molecule has 2 rings (SSSR count). The molecule has 0 amide bonds. The molecule has 5 heteroatoms. The van der Waals surface area contributed by atoms with Crippen LogP contribution in [0.15, 0.2) is 48.5 Å². The zero-order chi connectivity index (χ0) is 16.7. The van der Waals surface area contributed by atoms with Gasteiger partial charge in [0.15, 0.2) is 6.10 Å². The highest BCUT2D eigenvalue weighted by molar-refractivity contribution is 5.74. The van der Waals surface area contributed by atoms with E-state index in [2.05, 4.69) is 0 Å². The van der Waals surface area contributed by atoms with Crippen LogP contribution in [0.5, 0.6) is 11.5 Å². The summed E-state index contributed by atoms with van der Waals surface area (Å²) in [7, 11) is 1.57. The number of ether oxygens (including phenoxy) is 3. The second kappa shape index (κ2) is 7.85. The molecule has 0 spiro atoms. The molecule has 0 heterocycles. The van der Waals surface area contributed by atoms with Gasteiger partial charge in [0, 0.05) is 5.56 Å². The number of nitriles is 1. The van der Waals surface area contributed by atoms with Crippen LogP contribution >= 0.6 is 0 Å². The highest BCUT2D eigenvalue weighted by atomic mass is 16.6. The average molecular weight is 311 g/mol. The summed E-state index contributed by atoms with van der Waals surface area (Å²) in [5, 5.41) is 8.74. The van der Waals surface area contributed by atoms with Crippen molar-refractivity contribution in [3.05, 3.63) is 59.7 Å². The van der Waals surface area contributed by atoms with Gasteiger partial charge in [0.1, 0.15) is 18.1 Å². The van der Waals surface area contributed by atoms with Crippen LogP contribution in [-0.2, 0) is 16.1 Å². The first-order valence-corrected chi connectivity index (χ1v) is 7.09. The van der Waals surface area contributed by atoms with Crippen LogP contribution in [0.4, 0.5) is 0 Å². The number of hydrogen-bond acceptors (Lipinski definition) is 5. The van der Waals surface area contributed by atoms with E-state index < -0.39 is 12.1 Å². The number of carbonyl (C=O) groups excluding carboxylic acids is 1. The standard InChI is InChI=1S/C18H17NO4/c1-13(23-16-9-7-14(11-19)8-10-16)18(20)22-12-15-5-3-4-6-17(15)21-2/h3-10,13H,12H2,1-2H3/t13-/m1/s1. The maximum atomic E-state index is 12.0. The van der Waals surface area contributed by atoms with Crippen molar-refractivity contribution < 1.29 is 19.0 Å². The van der Waals surface area contributed by atoms with Gasteiger partial charge in [-0.05, 0) is 37.3 Å². The third-order valence-corrected chi connectivity index (χ3v) is 3.19. The summed E-state index contributed by atoms with van der Waals surface area (Å²) in [5.74, 6) is 0.701. The van der Waals surface area contributed by atoms with E-state index in [9.17, 15) is 4.79 Å². The minimum Gasteiger partial charge on any atom is -0.496 e. The third-order valence-electron chi connectivity index (χ3n) is 3.19. The van der Waals surface area contributed by atoms with E-state index in [1.807, 2.05) is 24.3 Å². The molecule has 0 aliphatic heterocycles. The highest BCUT2D eigenvalue weighted by Gasteiger charge is 2.17. The first kappa shape index (κ1) is 16.4. The Kier molecular flexibility index (Phi) is 5.59. The molecule has 0 aliphatic carbocycles. The smallest absolute Gasteiger partial charge is 0.347 e. The minimum atomic E-state index is -0.752. The molecule has 0 unspecified atom stereocenters. The fourth-order valence-corrected chi connectivity index (χ4v) is 1.95. The molecule has 0 saturated heterocycles. The van der Waals surface area contributed by atoms with Crippen molar-refractivity contribution in [2.75, 3.05) is 7.11 Å². The quantitative estimate of drug-likeness (QED) is 0.767. The number of nitrogens with zero attached hydrogens (tertiary/aromatic N) is 1. The number of rotatable bonds is 6. The molecule has 0 aliphatic rings. The van der Waals surface area contributed by atoms with Crippen molar-refractivity contribution in [3.8, 4) is 17.6 Å². The predicted octanol–water partition coefficient (Wildman–Crippen LogP) is 3.08. The molecular weight excluding hydrogens is 294 g/mol. The summed E-state index contributed by atoms with van der Waals surface area (Å²) in [6.45, 7) is 1.73. The van der Waals surface area contributed by atoms with Crippen molar-refractivity contribution in [2.24, 2.45) is 0 Å². The van der Waals surface area contributed by atoms with Crippen LogP contribution in [0.25, 0.3) is 0 Å². The molecule has 0 fully saturated rings. The van der Waals surface area contributed by atoms with E-state index in [0.717, 1.165) is 5.56 Å². The Labute approximate surface area is 135 Å². The highest BCUT2D eigenvalue weighted by Crippen LogP contribution is 2.19. The molecular formula is C18H17NO4. The van der Waals surface area contributed by atoms with Gasteiger partial charge in [0.05, 0.1) is 18.7 Å². The molecule has 0 bridgehead atoms. The monoisotopic (exact) mass is 311 g/mol. The van der Waals surface area contributed by atoms with Crippen molar-refractivity contribution in [1.29, 1.82) is 5.26 Å². The summed E-state index contributed by atoms with van der Waals surface area (Å²) in [6.07, 6.45) is -0.752. The van der Waals surface area contributed by atoms with Gasteiger partial charge in [-0.15, -0.1) is 0 Å². The molecule has 1 atom stereocenters. The lowest BCUT2D eigenvalue weighted by atomic mass is 10.2. The van der Waals surface area contributed by atoms with Gasteiger partial charge in [-0.2, -0.15) is 5.26 Å². The van der Waals surface area contributed by atoms with Crippen molar-refractivity contribution in [2.45, 2.75) is 19.6 Å². The number of methoxy groups -OCH3 is 1. The summed E-state index contributed by atoms with van der Waals surface area (Å²) in [5.41, 5.74) is 1.32. The molecule has 2 aromatic rings. The Morgan fingerprint density at radius 2 is 1.87 bits per heavy atom. The lowest BCUT2D eigenvalue weighted by Crippen LogP contribution is -2.26. The maximum Gasteiger partial charge on any atom is 0.347 e. The van der Waals surface area contributed by atoms with Crippen LogP contribution < -0.4 is 9.47 Å². The number of carbonyl (C=O) groups is 1. The molecule has 23 heavy (non-hydrogen) atoms. The van der Waals surface area contributed by atoms with Crippen molar-refractivity contribution >= 4 is 5.97 Å². The molecule has 0 radical (unpaired) electrons. The lowest BCUT2D eigenvalue weighted by Gasteiger charge is -2.15. The zero-order valence-electron chi connectivity index (χ0n) is 13.0. The van der Waals surface area contributed by atoms with Gasteiger partial charge < -0.3 is 14.2 Å². The van der Waals surface area contributed by atoms with Gasteiger partial charge >= 0.3 is 5.97 Å². The summed E-state index contributed by atoms with van der Waals surface area (Å²) in [4.78, 5) is 12.0. The van der Waals surface area contributed by atoms with Gasteiger partial charge in [-0.1, -0.05) is 18.2 Å². The Morgan fingerprint density at radius 3 is 2.52 bits per heavy atom. The van der Waals surface area contributed by atoms with Gasteiger partial charge in [0.2, 0.25) is 0 Å². The van der Waals surface area contributed by atoms with Gasteiger partial charge in [-0.25, -0.2) is 4.79 Å². The molecule has 0 saturated carbocycles. The number of hydrogen-bond donors (Lipinski definition) is 0. The largest absolute Gasteiger partial charge is 0.496 e. The maximum absolute atomic E-state index is 12.0. The van der Waals surface area contributed by atoms with Crippen molar-refractivity contribution in [1.82, 2.24) is 0 Å². The molecule has 0 aromatic heterocycles. The van der Waals surface area contributed by atoms with Crippen LogP contribution in [0.2, 0.25) is 0 Å². The van der Waals surface area contributed by atoms with Gasteiger partial charge in [0.25, 0.3) is 0 Å². The normalized spacial score (nSPS) is 11.2. The molecule has 0 N–H and O–H groups in total. The first-order chi connectivity index (χ1) is 11.1. The minimum absolute atomic E-state index is 0.115. The Bertz CT molecular complexity index is 704. The van der Waals surface area contributed by atoms with E-state index in [-0.39, 0.29) is 6.61 Å². The van der Waals surface area contributed by atoms with E-state index in [1.165, 1.54) is 0 Å². The average Bonchev–Trinajstić information content (AvgIpc) is 2.60. The SMILES string of the molecule is COc1ccccc1COC(=O)[C@@H](C)Oc1ccc(C#N)cc1. The fourth-order valence-electron chi connectivity index (χ4n) is 1.95. The molecule has 5 nitrogen and oxygen atoms in total. The lowest BCUT2D eigenvalue weighted by molar-refractivity contribution is -0.152. The zero-order valence-corrected chi connectivity index (χ0v) is 13.0. The Hall–Kier alpha value is -3.00. The Morgan fingerprint density at radius 1 is 1.17 bits per heavy atom. The number of benzene rings is 2. The Balaban J connectivity index is 1.90. The van der Waals surface area contributed by atoms with E-state index in [1.54, 1.807) is 44.4 Å². The van der Waals surface area contributed by atoms with Crippen LogP contribution in [0.1, 0.15) is 18.1 Å². The van der Waals surface area contributed by atoms with Crippen LogP contribution in [-0.4, -0.2) is 19.2 Å². The van der Waals surface area contributed by atoms with Gasteiger partial charge in [-0.3, -0.25) is 0 Å². The van der Waals surface area contributed by atoms with E-state index in [0.29, 0.717) is 17.1 Å². The number of para-hydroxylation sites is 1. The summed E-state index contributed by atoms with van der Waals surface area (Å²) in [6, 6.07) is 15.9. The van der Waals surface area contributed by atoms with Crippen LogP contribution in [0.3, 0.4) is 0 Å². The molecule has 2 aromatic carbocycles. The van der Waals surface area contributed by atoms with Crippen molar-refractivity contribution in [3.63, 3.8) is 0 Å². The fraction of sp³-hybridized carbons (Fsp3) is 0.222. The summed E-state index contributed by atoms with van der Waals surface area (Å²) >= 11 is 0. The molecule has 118 valence electrons. The van der Waals surface area contributed by atoms with E-state index >= 15 is 0 Å². The van der Waals surface area contributed by atoms with Crippen LogP contribution in [0, 0.1) is 11.3 Å². The summed E-state index contributed by atoms with van der Waals surface area (Å²) < 4.78 is 16.0. The first-order valence-electron chi connectivity index (χ1n) is 7.09. The predicted molar refractivity (Wildman–Crippen MR) is 84.0 cm³/mol. The second-order valence-electron chi connectivity index (χ2n) is 4.82. The topological polar surface area (TPSA) is 68.6 Å².